The zero-order valence-electron chi connectivity index (χ0n) is 8.91. The van der Waals surface area contributed by atoms with Crippen molar-refractivity contribution in [3.05, 3.63) is 0 Å². The van der Waals surface area contributed by atoms with Crippen molar-refractivity contribution in [2.75, 3.05) is 13.2 Å². The lowest BCUT2D eigenvalue weighted by atomic mass is 9.75. The second kappa shape index (κ2) is 4.94. The van der Waals surface area contributed by atoms with Gasteiger partial charge in [0.2, 0.25) is 0 Å². The Morgan fingerprint density at radius 1 is 1.46 bits per heavy atom. The third-order valence-electron chi connectivity index (χ3n) is 2.95. The Morgan fingerprint density at radius 3 is 2.85 bits per heavy atom. The van der Waals surface area contributed by atoms with Gasteiger partial charge in [-0.1, -0.05) is 20.3 Å². The fourth-order valence-corrected chi connectivity index (χ4v) is 2.25. The first-order chi connectivity index (χ1) is 6.14. The van der Waals surface area contributed by atoms with E-state index in [-0.39, 0.29) is 6.67 Å². The van der Waals surface area contributed by atoms with Gasteiger partial charge in [0.15, 0.2) is 0 Å². The molecule has 78 valence electrons. The number of nitrogens with one attached hydrogen (secondary N) is 1. The summed E-state index contributed by atoms with van der Waals surface area (Å²) in [7, 11) is 0. The second-order valence-electron chi connectivity index (χ2n) is 4.95. The molecule has 1 fully saturated rings. The van der Waals surface area contributed by atoms with Crippen molar-refractivity contribution in [1.29, 1.82) is 0 Å². The van der Waals surface area contributed by atoms with Crippen molar-refractivity contribution in [2.24, 2.45) is 5.41 Å². The quantitative estimate of drug-likeness (QED) is 0.667. The summed E-state index contributed by atoms with van der Waals surface area (Å²) in [4.78, 5) is 0. The summed E-state index contributed by atoms with van der Waals surface area (Å²) in [5, 5.41) is 3.44. The highest BCUT2D eigenvalue weighted by atomic mass is 19.1. The fraction of sp³-hybridized carbons (Fsp3) is 1.00. The Bertz CT molecular complexity index is 145. The van der Waals surface area contributed by atoms with E-state index in [0.717, 1.165) is 6.54 Å². The maximum Gasteiger partial charge on any atom is 0.0906 e. The number of halogens is 1. The molecule has 1 N–H and O–H groups in total. The maximum absolute atomic E-state index is 11.9. The third-order valence-corrected chi connectivity index (χ3v) is 2.95. The molecule has 0 heterocycles. The van der Waals surface area contributed by atoms with Crippen LogP contribution < -0.4 is 5.32 Å². The van der Waals surface area contributed by atoms with Crippen molar-refractivity contribution >= 4 is 0 Å². The predicted octanol–water partition coefficient (Wildman–Crippen LogP) is 2.90. The monoisotopic (exact) mass is 187 g/mol. The van der Waals surface area contributed by atoms with Crippen molar-refractivity contribution < 1.29 is 4.39 Å². The second-order valence-corrected chi connectivity index (χ2v) is 4.95. The number of hydrogen-bond donors (Lipinski definition) is 1. The molecule has 1 rings (SSSR count). The molecule has 1 saturated carbocycles. The molecule has 0 bridgehead atoms. The van der Waals surface area contributed by atoms with Crippen LogP contribution in [0.25, 0.3) is 0 Å². The van der Waals surface area contributed by atoms with Gasteiger partial charge in [-0.15, -0.1) is 0 Å². The molecule has 0 aromatic heterocycles. The van der Waals surface area contributed by atoms with E-state index < -0.39 is 0 Å². The van der Waals surface area contributed by atoms with Crippen LogP contribution in [-0.4, -0.2) is 19.3 Å². The summed E-state index contributed by atoms with van der Waals surface area (Å²) < 4.78 is 11.9. The molecule has 1 atom stereocenters. The van der Waals surface area contributed by atoms with Gasteiger partial charge in [0.05, 0.1) is 6.67 Å². The number of alkyl halides is 1. The van der Waals surface area contributed by atoms with E-state index in [2.05, 4.69) is 19.2 Å². The highest BCUT2D eigenvalue weighted by Gasteiger charge is 2.27. The highest BCUT2D eigenvalue weighted by molar-refractivity contribution is 4.83. The Labute approximate surface area is 81.1 Å². The molecule has 1 aliphatic carbocycles. The molecule has 13 heavy (non-hydrogen) atoms. The maximum atomic E-state index is 11.9. The van der Waals surface area contributed by atoms with E-state index in [1.807, 2.05) is 0 Å². The van der Waals surface area contributed by atoms with Crippen LogP contribution in [0, 0.1) is 5.41 Å². The largest absolute Gasteiger partial charge is 0.314 e. The Morgan fingerprint density at radius 2 is 2.23 bits per heavy atom. The van der Waals surface area contributed by atoms with Crippen LogP contribution in [-0.2, 0) is 0 Å². The summed E-state index contributed by atoms with van der Waals surface area (Å²) in [5.41, 5.74) is 0.492. The molecule has 0 saturated heterocycles. The van der Waals surface area contributed by atoms with Crippen LogP contribution >= 0.6 is 0 Å². The summed E-state index contributed by atoms with van der Waals surface area (Å²) in [6.07, 6.45) is 5.85. The average molecular weight is 187 g/mol. The molecule has 1 aliphatic rings. The summed E-state index contributed by atoms with van der Waals surface area (Å²) in [5.74, 6) is 0. The molecule has 0 radical (unpaired) electrons. The number of hydrogen-bond acceptors (Lipinski definition) is 1. The van der Waals surface area contributed by atoms with E-state index in [4.69, 9.17) is 0 Å². The van der Waals surface area contributed by atoms with Gasteiger partial charge in [-0.3, -0.25) is 4.39 Å². The van der Waals surface area contributed by atoms with Crippen LogP contribution in [0.5, 0.6) is 0 Å². The molecule has 0 aliphatic heterocycles. The van der Waals surface area contributed by atoms with Crippen molar-refractivity contribution in [2.45, 2.75) is 52.0 Å². The standard InChI is InChI=1S/C11H22FN/c1-11(2)6-3-5-10(9-11)13-8-4-7-12/h10,13H,3-9H2,1-2H3. The summed E-state index contributed by atoms with van der Waals surface area (Å²) in [6, 6.07) is 0.635. The molecule has 2 heteroatoms. The lowest BCUT2D eigenvalue weighted by molar-refractivity contribution is 0.198. The van der Waals surface area contributed by atoms with Gasteiger partial charge in [0, 0.05) is 6.04 Å². The zero-order valence-corrected chi connectivity index (χ0v) is 8.91. The molecule has 1 unspecified atom stereocenters. The van der Waals surface area contributed by atoms with Crippen molar-refractivity contribution in [3.63, 3.8) is 0 Å². The number of rotatable bonds is 4. The van der Waals surface area contributed by atoms with Gasteiger partial charge < -0.3 is 5.32 Å². The first-order valence-corrected chi connectivity index (χ1v) is 5.43. The molecule has 0 amide bonds. The van der Waals surface area contributed by atoms with Gasteiger partial charge in [-0.25, -0.2) is 0 Å². The fourth-order valence-electron chi connectivity index (χ4n) is 2.25. The Hall–Kier alpha value is -0.110. The van der Waals surface area contributed by atoms with Gasteiger partial charge >= 0.3 is 0 Å². The van der Waals surface area contributed by atoms with Crippen LogP contribution in [0.3, 0.4) is 0 Å². The first-order valence-electron chi connectivity index (χ1n) is 5.43. The molecular weight excluding hydrogens is 165 g/mol. The predicted molar refractivity (Wildman–Crippen MR) is 54.6 cm³/mol. The van der Waals surface area contributed by atoms with Crippen LogP contribution in [0.15, 0.2) is 0 Å². The first kappa shape index (κ1) is 11.0. The molecule has 0 aromatic rings. The normalized spacial score (nSPS) is 27.5. The third kappa shape index (κ3) is 4.08. The van der Waals surface area contributed by atoms with E-state index in [0.29, 0.717) is 17.9 Å². The summed E-state index contributed by atoms with van der Waals surface area (Å²) >= 11 is 0. The summed E-state index contributed by atoms with van der Waals surface area (Å²) in [6.45, 7) is 5.31. The highest BCUT2D eigenvalue weighted by Crippen LogP contribution is 2.34. The molecule has 0 aromatic carbocycles. The topological polar surface area (TPSA) is 12.0 Å². The lowest BCUT2D eigenvalue weighted by Crippen LogP contribution is -2.37. The minimum atomic E-state index is -0.191. The SMILES string of the molecule is CC1(C)CCCC(NCCCF)C1. The average Bonchev–Trinajstić information content (AvgIpc) is 2.03. The van der Waals surface area contributed by atoms with Crippen LogP contribution in [0.2, 0.25) is 0 Å². The minimum absolute atomic E-state index is 0.191. The molecule has 0 spiro atoms. The van der Waals surface area contributed by atoms with E-state index in [1.165, 1.54) is 25.7 Å². The minimum Gasteiger partial charge on any atom is -0.314 e. The van der Waals surface area contributed by atoms with Gasteiger partial charge in [0.25, 0.3) is 0 Å². The smallest absolute Gasteiger partial charge is 0.0906 e. The van der Waals surface area contributed by atoms with Gasteiger partial charge in [-0.05, 0) is 37.6 Å². The molecule has 1 nitrogen and oxygen atoms in total. The van der Waals surface area contributed by atoms with Gasteiger partial charge in [-0.2, -0.15) is 0 Å². The van der Waals surface area contributed by atoms with E-state index in [9.17, 15) is 4.39 Å². The molecular formula is C11H22FN. The van der Waals surface area contributed by atoms with Gasteiger partial charge in [0.1, 0.15) is 0 Å². The van der Waals surface area contributed by atoms with Crippen molar-refractivity contribution in [3.8, 4) is 0 Å². The Balaban J connectivity index is 2.19. The lowest BCUT2D eigenvalue weighted by Gasteiger charge is -2.35. The Kier molecular flexibility index (Phi) is 4.17. The van der Waals surface area contributed by atoms with Crippen LogP contribution in [0.4, 0.5) is 4.39 Å². The van der Waals surface area contributed by atoms with E-state index >= 15 is 0 Å². The van der Waals surface area contributed by atoms with E-state index in [1.54, 1.807) is 0 Å². The van der Waals surface area contributed by atoms with Crippen LogP contribution in [0.1, 0.15) is 46.0 Å². The zero-order chi connectivity index (χ0) is 9.73. The van der Waals surface area contributed by atoms with Crippen molar-refractivity contribution in [1.82, 2.24) is 5.32 Å².